The Morgan fingerprint density at radius 1 is 0.944 bits per heavy atom. The fraction of sp³-hybridized carbons (Fsp3) is 1.00. The van der Waals surface area contributed by atoms with E-state index in [4.69, 9.17) is 0 Å². The van der Waals surface area contributed by atoms with Crippen LogP contribution in [0.25, 0.3) is 0 Å². The zero-order valence-corrected chi connectivity index (χ0v) is 12.3. The zero-order chi connectivity index (χ0) is 13.0. The lowest BCUT2D eigenvalue weighted by Crippen LogP contribution is -2.46. The summed E-state index contributed by atoms with van der Waals surface area (Å²) in [7, 11) is -2.92. The minimum atomic E-state index is -2.92. The normalized spacial score (nSPS) is 31.4. The van der Waals surface area contributed by atoms with Crippen molar-refractivity contribution in [3.63, 3.8) is 0 Å². The number of nitrogens with one attached hydrogen (secondary N) is 1. The second-order valence-corrected chi connectivity index (χ2v) is 8.29. The molecule has 106 valence electrons. The van der Waals surface area contributed by atoms with Gasteiger partial charge in [0, 0.05) is 6.04 Å². The summed E-state index contributed by atoms with van der Waals surface area (Å²) in [5.74, 6) is 0. The average Bonchev–Trinajstić information content (AvgIpc) is 2.78. The highest BCUT2D eigenvalue weighted by atomic mass is 32.2. The highest BCUT2D eigenvalue weighted by molar-refractivity contribution is 7.92. The molecule has 2 rings (SSSR count). The lowest BCUT2D eigenvalue weighted by atomic mass is 10.1. The molecule has 0 aliphatic heterocycles. The van der Waals surface area contributed by atoms with E-state index in [9.17, 15) is 8.42 Å². The van der Waals surface area contributed by atoms with Crippen molar-refractivity contribution in [1.82, 2.24) is 5.32 Å². The molecule has 2 fully saturated rings. The Bertz CT molecular complexity index is 347. The molecule has 18 heavy (non-hydrogen) atoms. The smallest absolute Gasteiger partial charge is 0.157 e. The second-order valence-electron chi connectivity index (χ2n) is 5.84. The predicted octanol–water partition coefficient (Wildman–Crippen LogP) is 2.65. The summed E-state index contributed by atoms with van der Waals surface area (Å²) in [5, 5.41) is 3.26. The van der Waals surface area contributed by atoms with Crippen molar-refractivity contribution in [2.24, 2.45) is 0 Å². The molecular formula is C14H27NO2S. The number of hydrogen-bond acceptors (Lipinski definition) is 3. The highest BCUT2D eigenvalue weighted by Gasteiger charge is 2.39. The van der Waals surface area contributed by atoms with E-state index in [0.717, 1.165) is 51.5 Å². The molecule has 0 radical (unpaired) electrons. The largest absolute Gasteiger partial charge is 0.313 e. The minimum Gasteiger partial charge on any atom is -0.313 e. The van der Waals surface area contributed by atoms with E-state index in [1.54, 1.807) is 0 Å². The van der Waals surface area contributed by atoms with Gasteiger partial charge in [-0.25, -0.2) is 8.42 Å². The quantitative estimate of drug-likeness (QED) is 0.801. The van der Waals surface area contributed by atoms with Crippen LogP contribution in [0.4, 0.5) is 0 Å². The molecule has 0 aromatic rings. The van der Waals surface area contributed by atoms with Crippen LogP contribution in [0.5, 0.6) is 0 Å². The Labute approximate surface area is 112 Å². The molecule has 2 aliphatic carbocycles. The van der Waals surface area contributed by atoms with Gasteiger partial charge in [-0.05, 0) is 32.2 Å². The van der Waals surface area contributed by atoms with Crippen molar-refractivity contribution in [2.75, 3.05) is 6.54 Å². The first-order chi connectivity index (χ1) is 8.66. The van der Waals surface area contributed by atoms with Gasteiger partial charge in [-0.2, -0.15) is 0 Å². The summed E-state index contributed by atoms with van der Waals surface area (Å²) in [6, 6.07) is 0.197. The van der Waals surface area contributed by atoms with Gasteiger partial charge in [-0.1, -0.05) is 39.0 Å². The van der Waals surface area contributed by atoms with Gasteiger partial charge in [-0.3, -0.25) is 0 Å². The van der Waals surface area contributed by atoms with Crippen molar-refractivity contribution in [3.8, 4) is 0 Å². The van der Waals surface area contributed by atoms with Gasteiger partial charge >= 0.3 is 0 Å². The van der Waals surface area contributed by atoms with Crippen LogP contribution in [0.1, 0.15) is 64.7 Å². The van der Waals surface area contributed by atoms with Crippen molar-refractivity contribution in [3.05, 3.63) is 0 Å². The lowest BCUT2D eigenvalue weighted by Gasteiger charge is -2.28. The molecule has 4 heteroatoms. The molecule has 3 nitrogen and oxygen atoms in total. The standard InChI is InChI=1S/C14H27NO2S/c1-2-15-13-10-4-3-5-11-14(13)18(16,17)12-8-6-7-9-12/h12-15H,2-11H2,1H3. The molecular weight excluding hydrogens is 246 g/mol. The van der Waals surface area contributed by atoms with Crippen LogP contribution in [0.3, 0.4) is 0 Å². The Morgan fingerprint density at radius 2 is 1.56 bits per heavy atom. The van der Waals surface area contributed by atoms with Crippen LogP contribution >= 0.6 is 0 Å². The topological polar surface area (TPSA) is 46.2 Å². The summed E-state index contributed by atoms with van der Waals surface area (Å²) in [6.45, 7) is 2.95. The third kappa shape index (κ3) is 3.08. The Kier molecular flexibility index (Phi) is 5.07. The lowest BCUT2D eigenvalue weighted by molar-refractivity contribution is 0.455. The zero-order valence-electron chi connectivity index (χ0n) is 11.5. The SMILES string of the molecule is CCNC1CCCCCC1S(=O)(=O)C1CCCC1. The molecule has 1 N–H and O–H groups in total. The summed E-state index contributed by atoms with van der Waals surface area (Å²) in [6.07, 6.45) is 9.35. The van der Waals surface area contributed by atoms with E-state index in [0.29, 0.717) is 0 Å². The van der Waals surface area contributed by atoms with Crippen molar-refractivity contribution in [2.45, 2.75) is 81.3 Å². The van der Waals surface area contributed by atoms with Gasteiger partial charge in [0.15, 0.2) is 9.84 Å². The van der Waals surface area contributed by atoms with E-state index >= 15 is 0 Å². The number of sulfone groups is 1. The molecule has 2 atom stereocenters. The van der Waals surface area contributed by atoms with Crippen molar-refractivity contribution in [1.29, 1.82) is 0 Å². The summed E-state index contributed by atoms with van der Waals surface area (Å²) >= 11 is 0. The maximum Gasteiger partial charge on any atom is 0.157 e. The molecule has 2 unspecified atom stereocenters. The van der Waals surface area contributed by atoms with Gasteiger partial charge in [0.05, 0.1) is 10.5 Å². The Balaban J connectivity index is 2.15. The monoisotopic (exact) mass is 273 g/mol. The fourth-order valence-corrected chi connectivity index (χ4v) is 6.30. The van der Waals surface area contributed by atoms with Crippen molar-refractivity contribution < 1.29 is 8.42 Å². The summed E-state index contributed by atoms with van der Waals surface area (Å²) in [4.78, 5) is 0. The van der Waals surface area contributed by atoms with E-state index < -0.39 is 9.84 Å². The maximum atomic E-state index is 12.8. The first kappa shape index (κ1) is 14.3. The highest BCUT2D eigenvalue weighted by Crippen LogP contribution is 2.32. The third-order valence-electron chi connectivity index (χ3n) is 4.61. The fourth-order valence-electron chi connectivity index (χ4n) is 3.63. The molecule has 0 amide bonds. The van der Waals surface area contributed by atoms with Crippen LogP contribution in [0.2, 0.25) is 0 Å². The summed E-state index contributed by atoms with van der Waals surface area (Å²) in [5.41, 5.74) is 0. The Morgan fingerprint density at radius 3 is 2.22 bits per heavy atom. The van der Waals surface area contributed by atoms with E-state index in [1.807, 2.05) is 0 Å². The van der Waals surface area contributed by atoms with Gasteiger partial charge in [0.1, 0.15) is 0 Å². The number of rotatable bonds is 4. The molecule has 0 aromatic carbocycles. The molecule has 0 aromatic heterocycles. The average molecular weight is 273 g/mol. The van der Waals surface area contributed by atoms with Crippen LogP contribution in [0.15, 0.2) is 0 Å². The van der Waals surface area contributed by atoms with Crippen LogP contribution in [0, 0.1) is 0 Å². The Hall–Kier alpha value is -0.0900. The molecule has 2 aliphatic rings. The minimum absolute atomic E-state index is 0.0400. The van der Waals surface area contributed by atoms with Gasteiger partial charge in [-0.15, -0.1) is 0 Å². The van der Waals surface area contributed by atoms with Crippen LogP contribution in [-0.4, -0.2) is 31.5 Å². The maximum absolute atomic E-state index is 12.8. The molecule has 0 spiro atoms. The van der Waals surface area contributed by atoms with Crippen LogP contribution in [-0.2, 0) is 9.84 Å². The van der Waals surface area contributed by atoms with Crippen LogP contribution < -0.4 is 5.32 Å². The number of hydrogen-bond donors (Lipinski definition) is 1. The van der Waals surface area contributed by atoms with Gasteiger partial charge in [0.25, 0.3) is 0 Å². The van der Waals surface area contributed by atoms with E-state index in [2.05, 4.69) is 12.2 Å². The molecule has 0 heterocycles. The van der Waals surface area contributed by atoms with Crippen molar-refractivity contribution >= 4 is 9.84 Å². The van der Waals surface area contributed by atoms with Gasteiger partial charge in [0.2, 0.25) is 0 Å². The first-order valence-electron chi connectivity index (χ1n) is 7.62. The predicted molar refractivity (Wildman–Crippen MR) is 75.5 cm³/mol. The molecule has 2 saturated carbocycles. The van der Waals surface area contributed by atoms with Gasteiger partial charge < -0.3 is 5.32 Å². The van der Waals surface area contributed by atoms with E-state index in [-0.39, 0.29) is 16.5 Å². The molecule has 0 bridgehead atoms. The summed E-state index contributed by atoms with van der Waals surface area (Å²) < 4.78 is 25.6. The second kappa shape index (κ2) is 6.38. The third-order valence-corrected chi connectivity index (χ3v) is 7.42. The van der Waals surface area contributed by atoms with E-state index in [1.165, 1.54) is 12.8 Å². The molecule has 0 saturated heterocycles. The first-order valence-corrected chi connectivity index (χ1v) is 9.23.